The van der Waals surface area contributed by atoms with E-state index < -0.39 is 16.3 Å². The SMILES string of the molecule is Cn1ccnc1S(=O)(=O)N1CCN(c2ccc(OCC3COC(C(c4ccc(Cl)cc4Cl)n4ccnc4)O3)cc2)CC1. The summed E-state index contributed by atoms with van der Waals surface area (Å²) in [5.41, 5.74) is 1.82. The lowest BCUT2D eigenvalue weighted by Gasteiger charge is -2.35. The zero-order valence-electron chi connectivity index (χ0n) is 22.8. The smallest absolute Gasteiger partial charge is 0.277 e. The number of imidazole rings is 2. The number of rotatable bonds is 9. The third kappa shape index (κ3) is 6.01. The minimum atomic E-state index is -3.62. The van der Waals surface area contributed by atoms with Crippen LogP contribution in [-0.2, 0) is 26.5 Å². The molecule has 2 fully saturated rings. The average molecular weight is 634 g/mol. The predicted octanol–water partition coefficient (Wildman–Crippen LogP) is 3.84. The second kappa shape index (κ2) is 12.2. The van der Waals surface area contributed by atoms with Crippen LogP contribution in [0.15, 0.2) is 78.7 Å². The maximum absolute atomic E-state index is 12.9. The number of sulfonamides is 1. The molecule has 6 rings (SSSR count). The summed E-state index contributed by atoms with van der Waals surface area (Å²) in [5.74, 6) is 0.703. The van der Waals surface area contributed by atoms with Crippen molar-refractivity contribution in [2.45, 2.75) is 23.6 Å². The molecule has 2 aliphatic heterocycles. The number of anilines is 1. The zero-order chi connectivity index (χ0) is 29.3. The van der Waals surface area contributed by atoms with Crippen LogP contribution in [-0.4, -0.2) is 83.6 Å². The van der Waals surface area contributed by atoms with Crippen LogP contribution in [0.4, 0.5) is 5.69 Å². The Kier molecular flexibility index (Phi) is 8.44. The number of hydrogen-bond donors (Lipinski definition) is 0. The molecule has 0 spiro atoms. The standard InChI is InChI=1S/C28H30Cl2N6O5S/c1-33-10-9-32-28(33)42(37,38)36-14-12-34(13-15-36)21-3-5-22(6-4-21)39-17-23-18-40-27(41-23)26(35-11-8-31-19-35)24-7-2-20(29)16-25(24)30/h2-11,16,19,23,26-27H,12-15,17-18H2,1H3. The second-order valence-electron chi connectivity index (χ2n) is 10.1. The van der Waals surface area contributed by atoms with Crippen LogP contribution in [0.1, 0.15) is 11.6 Å². The predicted molar refractivity (Wildman–Crippen MR) is 158 cm³/mol. The summed E-state index contributed by atoms with van der Waals surface area (Å²) in [4.78, 5) is 10.3. The number of nitrogens with zero attached hydrogens (tertiary/aromatic N) is 6. The van der Waals surface area contributed by atoms with Gasteiger partial charge in [-0.1, -0.05) is 29.3 Å². The van der Waals surface area contributed by atoms with E-state index in [1.807, 2.05) is 41.1 Å². The maximum atomic E-state index is 12.9. The van der Waals surface area contributed by atoms with Crippen molar-refractivity contribution in [1.29, 1.82) is 0 Å². The molecule has 4 aromatic rings. The summed E-state index contributed by atoms with van der Waals surface area (Å²) in [6, 6.07) is 12.8. The lowest BCUT2D eigenvalue weighted by atomic mass is 10.1. The fourth-order valence-corrected chi connectivity index (χ4v) is 7.21. The lowest BCUT2D eigenvalue weighted by Crippen LogP contribution is -2.49. The van der Waals surface area contributed by atoms with Gasteiger partial charge in [0.2, 0.25) is 5.16 Å². The van der Waals surface area contributed by atoms with Crippen molar-refractivity contribution in [1.82, 2.24) is 23.4 Å². The molecular formula is C28H30Cl2N6O5S. The molecule has 0 radical (unpaired) electrons. The molecule has 2 aromatic carbocycles. The number of ether oxygens (including phenoxy) is 3. The third-order valence-electron chi connectivity index (χ3n) is 7.38. The number of aromatic nitrogens is 4. The van der Waals surface area contributed by atoms with Gasteiger partial charge in [0.15, 0.2) is 6.29 Å². The number of aryl methyl sites for hydroxylation is 1. The molecule has 11 nitrogen and oxygen atoms in total. The van der Waals surface area contributed by atoms with E-state index in [4.69, 9.17) is 37.4 Å². The monoisotopic (exact) mass is 632 g/mol. The molecule has 3 atom stereocenters. The Balaban J connectivity index is 1.03. The molecule has 3 unspecified atom stereocenters. The first kappa shape index (κ1) is 29.0. The number of hydrogen-bond acceptors (Lipinski definition) is 8. The number of piperazine rings is 1. The van der Waals surface area contributed by atoms with Crippen LogP contribution >= 0.6 is 23.2 Å². The first-order chi connectivity index (χ1) is 20.3. The van der Waals surface area contributed by atoms with Crippen LogP contribution in [0.2, 0.25) is 10.0 Å². The molecule has 0 saturated carbocycles. The van der Waals surface area contributed by atoms with Gasteiger partial charge in [-0.25, -0.2) is 18.4 Å². The molecule has 4 heterocycles. The number of halogens is 2. The Morgan fingerprint density at radius 3 is 2.50 bits per heavy atom. The van der Waals surface area contributed by atoms with Gasteiger partial charge in [-0.15, -0.1) is 0 Å². The minimum absolute atomic E-state index is 0.0615. The van der Waals surface area contributed by atoms with Crippen LogP contribution in [0, 0.1) is 0 Å². The van der Waals surface area contributed by atoms with Crippen molar-refractivity contribution >= 4 is 38.9 Å². The van der Waals surface area contributed by atoms with Gasteiger partial charge in [-0.3, -0.25) is 0 Å². The Labute approximate surface area is 254 Å². The van der Waals surface area contributed by atoms with Crippen molar-refractivity contribution in [2.24, 2.45) is 7.05 Å². The summed E-state index contributed by atoms with van der Waals surface area (Å²) < 4.78 is 49.1. The zero-order valence-corrected chi connectivity index (χ0v) is 25.1. The normalized spacial score (nSPS) is 20.6. The van der Waals surface area contributed by atoms with Gasteiger partial charge in [0.25, 0.3) is 10.0 Å². The van der Waals surface area contributed by atoms with E-state index in [1.165, 1.54) is 15.1 Å². The van der Waals surface area contributed by atoms with Crippen LogP contribution < -0.4 is 9.64 Å². The largest absolute Gasteiger partial charge is 0.491 e. The summed E-state index contributed by atoms with van der Waals surface area (Å²) in [6.07, 6.45) is 7.49. The van der Waals surface area contributed by atoms with Gasteiger partial charge in [0.05, 0.1) is 12.9 Å². The fourth-order valence-electron chi connectivity index (χ4n) is 5.19. The van der Waals surface area contributed by atoms with Crippen molar-refractivity contribution in [3.8, 4) is 5.75 Å². The van der Waals surface area contributed by atoms with E-state index in [-0.39, 0.29) is 17.3 Å². The third-order valence-corrected chi connectivity index (χ3v) is 9.84. The average Bonchev–Trinajstić information content (AvgIpc) is 3.77. The molecule has 2 saturated heterocycles. The molecule has 14 heteroatoms. The molecule has 0 bridgehead atoms. The molecule has 42 heavy (non-hydrogen) atoms. The van der Waals surface area contributed by atoms with Gasteiger partial charge < -0.3 is 28.2 Å². The Bertz CT molecular complexity index is 1610. The summed E-state index contributed by atoms with van der Waals surface area (Å²) in [7, 11) is -1.94. The van der Waals surface area contributed by atoms with Crippen molar-refractivity contribution in [3.05, 3.63) is 89.2 Å². The van der Waals surface area contributed by atoms with Gasteiger partial charge >= 0.3 is 0 Å². The van der Waals surface area contributed by atoms with E-state index in [0.29, 0.717) is 55.2 Å². The van der Waals surface area contributed by atoms with E-state index >= 15 is 0 Å². The molecule has 2 aliphatic rings. The van der Waals surface area contributed by atoms with Crippen molar-refractivity contribution in [3.63, 3.8) is 0 Å². The fraction of sp³-hybridized carbons (Fsp3) is 0.357. The van der Waals surface area contributed by atoms with E-state index in [2.05, 4.69) is 14.9 Å². The van der Waals surface area contributed by atoms with E-state index in [1.54, 1.807) is 37.9 Å². The highest BCUT2D eigenvalue weighted by atomic mass is 35.5. The molecular weight excluding hydrogens is 603 g/mol. The van der Waals surface area contributed by atoms with E-state index in [9.17, 15) is 8.42 Å². The summed E-state index contributed by atoms with van der Waals surface area (Å²) >= 11 is 12.6. The van der Waals surface area contributed by atoms with E-state index in [0.717, 1.165) is 11.3 Å². The van der Waals surface area contributed by atoms with Crippen LogP contribution in [0.5, 0.6) is 5.75 Å². The van der Waals surface area contributed by atoms with Gasteiger partial charge in [-0.2, -0.15) is 4.31 Å². The summed E-state index contributed by atoms with van der Waals surface area (Å²) in [6.45, 7) is 2.60. The molecule has 0 amide bonds. The van der Waals surface area contributed by atoms with Gasteiger partial charge in [-0.05, 0) is 42.0 Å². The highest BCUT2D eigenvalue weighted by molar-refractivity contribution is 7.89. The topological polar surface area (TPSA) is 104 Å². The van der Waals surface area contributed by atoms with Crippen LogP contribution in [0.25, 0.3) is 0 Å². The van der Waals surface area contributed by atoms with Gasteiger partial charge in [0.1, 0.15) is 24.5 Å². The molecule has 0 aliphatic carbocycles. The minimum Gasteiger partial charge on any atom is -0.491 e. The molecule has 0 N–H and O–H groups in total. The number of benzene rings is 2. The highest BCUT2D eigenvalue weighted by Gasteiger charge is 2.36. The first-order valence-corrected chi connectivity index (χ1v) is 15.6. The highest BCUT2D eigenvalue weighted by Crippen LogP contribution is 2.35. The van der Waals surface area contributed by atoms with Crippen molar-refractivity contribution < 1.29 is 22.6 Å². The van der Waals surface area contributed by atoms with Crippen molar-refractivity contribution in [2.75, 3.05) is 44.3 Å². The summed E-state index contributed by atoms with van der Waals surface area (Å²) in [5, 5.41) is 1.13. The lowest BCUT2D eigenvalue weighted by molar-refractivity contribution is -0.0860. The maximum Gasteiger partial charge on any atom is 0.277 e. The Morgan fingerprint density at radius 1 is 1.05 bits per heavy atom. The Hall–Kier alpha value is -3.13. The molecule has 222 valence electrons. The van der Waals surface area contributed by atoms with Crippen LogP contribution in [0.3, 0.4) is 0 Å². The molecule has 2 aromatic heterocycles. The quantitative estimate of drug-likeness (QED) is 0.274. The first-order valence-electron chi connectivity index (χ1n) is 13.4. The van der Waals surface area contributed by atoms with Gasteiger partial charge in [0, 0.05) is 73.7 Å². The Morgan fingerprint density at radius 2 is 1.83 bits per heavy atom. The second-order valence-corrected chi connectivity index (χ2v) is 12.8.